The summed E-state index contributed by atoms with van der Waals surface area (Å²) in [5.41, 5.74) is 3.49. The summed E-state index contributed by atoms with van der Waals surface area (Å²) in [7, 11) is 4.10. The normalized spacial score (nSPS) is 15.9. The van der Waals surface area contributed by atoms with E-state index >= 15 is 0 Å². The molecule has 3 rings (SSSR count). The predicted octanol–water partition coefficient (Wildman–Crippen LogP) is 4.39. The molecule has 0 bridgehead atoms. The predicted molar refractivity (Wildman–Crippen MR) is 107 cm³/mol. The zero-order valence-corrected chi connectivity index (χ0v) is 16.7. The summed E-state index contributed by atoms with van der Waals surface area (Å²) in [6.07, 6.45) is 5.67. The lowest BCUT2D eigenvalue weighted by molar-refractivity contribution is -0.123. The average molecular weight is 360 g/mol. The van der Waals surface area contributed by atoms with Crippen LogP contribution in [-0.4, -0.2) is 43.0 Å². The molecule has 0 radical (unpaired) electrons. The molecule has 0 aliphatic heterocycles. The third-order valence-electron chi connectivity index (χ3n) is 5.03. The van der Waals surface area contributed by atoms with Gasteiger partial charge in [-0.25, -0.2) is 4.98 Å². The summed E-state index contributed by atoms with van der Waals surface area (Å²) in [6.45, 7) is 5.79. The van der Waals surface area contributed by atoms with Crippen molar-refractivity contribution in [1.29, 1.82) is 0 Å². The molecule has 25 heavy (non-hydrogen) atoms. The smallest absolute Gasteiger partial charge is 0.231 e. The van der Waals surface area contributed by atoms with Gasteiger partial charge in [-0.15, -0.1) is 0 Å². The lowest BCUT2D eigenvalue weighted by atomic mass is 9.88. The maximum atomic E-state index is 13.2. The van der Waals surface area contributed by atoms with Crippen molar-refractivity contribution in [3.8, 4) is 0 Å². The fourth-order valence-corrected chi connectivity index (χ4v) is 4.70. The largest absolute Gasteiger partial charge is 0.308 e. The van der Waals surface area contributed by atoms with Crippen LogP contribution in [0.4, 0.5) is 5.13 Å². The molecule has 1 aromatic carbocycles. The van der Waals surface area contributed by atoms with E-state index in [0.29, 0.717) is 6.54 Å². The summed E-state index contributed by atoms with van der Waals surface area (Å²) in [5.74, 6) is 0.445. The minimum Gasteiger partial charge on any atom is -0.308 e. The number of aromatic nitrogens is 1. The van der Waals surface area contributed by atoms with E-state index in [9.17, 15) is 4.79 Å². The van der Waals surface area contributed by atoms with Crippen LogP contribution in [-0.2, 0) is 4.79 Å². The maximum absolute atomic E-state index is 13.2. The highest BCUT2D eigenvalue weighted by Gasteiger charge is 2.28. The van der Waals surface area contributed by atoms with Crippen molar-refractivity contribution in [2.75, 3.05) is 32.1 Å². The van der Waals surface area contributed by atoms with Crippen LogP contribution in [0.25, 0.3) is 10.2 Å². The minimum atomic E-state index is 0.172. The molecule has 1 fully saturated rings. The quantitative estimate of drug-likeness (QED) is 0.794. The maximum Gasteiger partial charge on any atom is 0.231 e. The first-order valence-corrected chi connectivity index (χ1v) is 10.1. The molecular weight excluding hydrogens is 330 g/mol. The number of carbonyl (C=O) groups excluding carboxylic acids is 1. The van der Waals surface area contributed by atoms with Crippen molar-refractivity contribution in [3.05, 3.63) is 23.3 Å². The highest BCUT2D eigenvalue weighted by molar-refractivity contribution is 7.22. The Hall–Kier alpha value is -1.46. The van der Waals surface area contributed by atoms with Crippen LogP contribution < -0.4 is 4.90 Å². The number of likely N-dealkylation sites (N-methyl/N-ethyl adjacent to an activating group) is 1. The van der Waals surface area contributed by atoms with Crippen molar-refractivity contribution >= 4 is 32.6 Å². The number of benzene rings is 1. The van der Waals surface area contributed by atoms with Crippen molar-refractivity contribution < 1.29 is 4.79 Å². The second-order valence-electron chi connectivity index (χ2n) is 7.55. The molecule has 5 heteroatoms. The Morgan fingerprint density at radius 1 is 1.16 bits per heavy atom. The Bertz CT molecular complexity index is 747. The Labute approximate surface area is 154 Å². The van der Waals surface area contributed by atoms with E-state index in [1.165, 1.54) is 35.1 Å². The van der Waals surface area contributed by atoms with Crippen LogP contribution in [0.2, 0.25) is 0 Å². The molecule has 0 unspecified atom stereocenters. The van der Waals surface area contributed by atoms with Crippen molar-refractivity contribution in [3.63, 3.8) is 0 Å². The molecule has 0 saturated heterocycles. The number of hydrogen-bond acceptors (Lipinski definition) is 4. The van der Waals surface area contributed by atoms with Crippen LogP contribution in [0.15, 0.2) is 12.1 Å². The van der Waals surface area contributed by atoms with Gasteiger partial charge in [0.05, 0.1) is 10.2 Å². The Morgan fingerprint density at radius 2 is 1.88 bits per heavy atom. The molecular formula is C20H29N3OS. The van der Waals surface area contributed by atoms with E-state index < -0.39 is 0 Å². The zero-order valence-electron chi connectivity index (χ0n) is 15.8. The molecule has 1 heterocycles. The molecule has 1 aliphatic carbocycles. The first kappa shape index (κ1) is 18.3. The summed E-state index contributed by atoms with van der Waals surface area (Å²) in [5, 5.41) is 0.862. The van der Waals surface area contributed by atoms with Gasteiger partial charge in [0, 0.05) is 19.0 Å². The molecule has 0 spiro atoms. The number of hydrogen-bond donors (Lipinski definition) is 0. The fraction of sp³-hybridized carbons (Fsp3) is 0.600. The number of nitrogens with zero attached hydrogens (tertiary/aromatic N) is 3. The zero-order chi connectivity index (χ0) is 18.0. The molecule has 1 amide bonds. The Balaban J connectivity index is 1.92. The molecule has 1 aliphatic rings. The number of aryl methyl sites for hydroxylation is 2. The molecule has 4 nitrogen and oxygen atoms in total. The van der Waals surface area contributed by atoms with E-state index in [1.807, 2.05) is 4.90 Å². The third-order valence-corrected chi connectivity index (χ3v) is 6.26. The van der Waals surface area contributed by atoms with E-state index in [4.69, 9.17) is 4.98 Å². The summed E-state index contributed by atoms with van der Waals surface area (Å²) < 4.78 is 1.20. The second kappa shape index (κ2) is 7.83. The van der Waals surface area contributed by atoms with Gasteiger partial charge in [0.1, 0.15) is 0 Å². The van der Waals surface area contributed by atoms with Crippen LogP contribution in [0.1, 0.15) is 43.2 Å². The van der Waals surface area contributed by atoms with Crippen LogP contribution in [0.5, 0.6) is 0 Å². The van der Waals surface area contributed by atoms with Gasteiger partial charge < -0.3 is 4.90 Å². The first-order valence-electron chi connectivity index (χ1n) is 9.29. The number of fused-ring (bicyclic) bond motifs is 1. The number of thiazole rings is 1. The van der Waals surface area contributed by atoms with Crippen LogP contribution >= 0.6 is 11.3 Å². The van der Waals surface area contributed by atoms with E-state index in [0.717, 1.165) is 30.0 Å². The summed E-state index contributed by atoms with van der Waals surface area (Å²) in [6, 6.07) is 4.31. The minimum absolute atomic E-state index is 0.172. The molecule has 2 aromatic rings. The Kier molecular flexibility index (Phi) is 5.74. The lowest BCUT2D eigenvalue weighted by Crippen LogP contribution is -2.41. The number of rotatable bonds is 5. The van der Waals surface area contributed by atoms with Gasteiger partial charge in [-0.3, -0.25) is 9.69 Å². The second-order valence-corrected chi connectivity index (χ2v) is 8.53. The van der Waals surface area contributed by atoms with Gasteiger partial charge in [0.2, 0.25) is 5.91 Å². The molecule has 1 aromatic heterocycles. The SMILES string of the molecule is Cc1cc(C)c2sc(N(CCN(C)C)C(=O)C3CCCCC3)nc2c1. The van der Waals surface area contributed by atoms with Crippen molar-refractivity contribution in [2.45, 2.75) is 46.0 Å². The van der Waals surface area contributed by atoms with E-state index in [-0.39, 0.29) is 11.8 Å². The van der Waals surface area contributed by atoms with Crippen LogP contribution in [0.3, 0.4) is 0 Å². The van der Waals surface area contributed by atoms with E-state index in [2.05, 4.69) is 45.0 Å². The monoisotopic (exact) mass is 359 g/mol. The molecule has 0 atom stereocenters. The summed E-state index contributed by atoms with van der Waals surface area (Å²) in [4.78, 5) is 22.1. The van der Waals surface area contributed by atoms with Gasteiger partial charge in [-0.1, -0.05) is 36.7 Å². The fourth-order valence-electron chi connectivity index (χ4n) is 3.65. The van der Waals surface area contributed by atoms with Gasteiger partial charge in [-0.05, 0) is 58.0 Å². The number of amides is 1. The number of anilines is 1. The highest BCUT2D eigenvalue weighted by Crippen LogP contribution is 2.34. The number of carbonyl (C=O) groups is 1. The van der Waals surface area contributed by atoms with E-state index in [1.54, 1.807) is 11.3 Å². The lowest BCUT2D eigenvalue weighted by Gasteiger charge is -2.28. The average Bonchev–Trinajstić information content (AvgIpc) is 2.99. The van der Waals surface area contributed by atoms with Crippen LogP contribution in [0, 0.1) is 19.8 Å². The first-order chi connectivity index (χ1) is 12.0. The van der Waals surface area contributed by atoms with Gasteiger partial charge in [0.25, 0.3) is 0 Å². The summed E-state index contributed by atoms with van der Waals surface area (Å²) >= 11 is 1.66. The van der Waals surface area contributed by atoms with Gasteiger partial charge >= 0.3 is 0 Å². The highest BCUT2D eigenvalue weighted by atomic mass is 32.1. The molecule has 136 valence electrons. The van der Waals surface area contributed by atoms with Crippen molar-refractivity contribution in [1.82, 2.24) is 9.88 Å². The van der Waals surface area contributed by atoms with Gasteiger partial charge in [0.15, 0.2) is 5.13 Å². The standard InChI is InChI=1S/C20H29N3OS/c1-14-12-15(2)18-17(13-14)21-20(25-18)23(11-10-22(3)4)19(24)16-8-6-5-7-9-16/h12-13,16H,5-11H2,1-4H3. The molecule has 0 N–H and O–H groups in total. The van der Waals surface area contributed by atoms with Crippen molar-refractivity contribution in [2.24, 2.45) is 5.92 Å². The van der Waals surface area contributed by atoms with Gasteiger partial charge in [-0.2, -0.15) is 0 Å². The Morgan fingerprint density at radius 3 is 2.56 bits per heavy atom. The topological polar surface area (TPSA) is 36.4 Å². The third kappa shape index (κ3) is 4.21. The molecule has 1 saturated carbocycles.